The number of methoxy groups -OCH3 is 1. The Morgan fingerprint density at radius 1 is 0.969 bits per heavy atom. The lowest BCUT2D eigenvalue weighted by Gasteiger charge is -2.22. The molecule has 5 heteroatoms. The van der Waals surface area contributed by atoms with Gasteiger partial charge < -0.3 is 14.2 Å². The van der Waals surface area contributed by atoms with E-state index < -0.39 is 0 Å². The molecule has 1 aliphatic carbocycles. The van der Waals surface area contributed by atoms with E-state index in [9.17, 15) is 0 Å². The highest BCUT2D eigenvalue weighted by atomic mass is 16.5. The molecule has 1 saturated carbocycles. The van der Waals surface area contributed by atoms with Crippen LogP contribution in [0.15, 0.2) is 79.1 Å². The Balaban J connectivity index is 1.41. The molecule has 0 bridgehead atoms. The summed E-state index contributed by atoms with van der Waals surface area (Å²) in [6, 6.07) is 23.4. The zero-order chi connectivity index (χ0) is 21.9. The van der Waals surface area contributed by atoms with Gasteiger partial charge in [-0.15, -0.1) is 0 Å². The molecule has 5 rings (SSSR count). The van der Waals surface area contributed by atoms with Crippen LogP contribution < -0.4 is 9.64 Å². The summed E-state index contributed by atoms with van der Waals surface area (Å²) in [4.78, 5) is 12.1. The Bertz CT molecular complexity index is 1160. The van der Waals surface area contributed by atoms with Crippen LogP contribution >= 0.6 is 0 Å². The average Bonchev–Trinajstić information content (AvgIpc) is 3.61. The minimum Gasteiger partial charge on any atom is -0.497 e. The Hall–Kier alpha value is -3.60. The third kappa shape index (κ3) is 4.24. The fourth-order valence-electron chi connectivity index (χ4n) is 4.00. The largest absolute Gasteiger partial charge is 0.497 e. The number of aromatic nitrogens is 3. The molecule has 0 spiro atoms. The highest BCUT2D eigenvalue weighted by Crippen LogP contribution is 2.40. The topological polar surface area (TPSA) is 43.2 Å². The van der Waals surface area contributed by atoms with Crippen LogP contribution in [0.5, 0.6) is 5.75 Å². The van der Waals surface area contributed by atoms with E-state index >= 15 is 0 Å². The van der Waals surface area contributed by atoms with Crippen molar-refractivity contribution >= 4 is 5.82 Å². The van der Waals surface area contributed by atoms with Crippen LogP contribution in [0, 0.1) is 0 Å². The van der Waals surface area contributed by atoms with E-state index in [4.69, 9.17) is 14.7 Å². The molecule has 4 aromatic rings. The maximum absolute atomic E-state index is 5.31. The molecule has 5 nitrogen and oxygen atoms in total. The van der Waals surface area contributed by atoms with Crippen LogP contribution in [-0.2, 0) is 6.54 Å². The Labute approximate surface area is 189 Å². The molecular formula is C27H28N4O. The van der Waals surface area contributed by atoms with Crippen molar-refractivity contribution in [2.45, 2.75) is 32.4 Å². The molecule has 162 valence electrons. The van der Waals surface area contributed by atoms with Gasteiger partial charge in [-0.25, -0.2) is 9.97 Å². The third-order valence-electron chi connectivity index (χ3n) is 5.99. The van der Waals surface area contributed by atoms with Crippen molar-refractivity contribution < 1.29 is 4.74 Å². The lowest BCUT2D eigenvalue weighted by Crippen LogP contribution is -2.22. The van der Waals surface area contributed by atoms with Gasteiger partial charge in [0.25, 0.3) is 0 Å². The van der Waals surface area contributed by atoms with Crippen LogP contribution in [0.1, 0.15) is 31.4 Å². The van der Waals surface area contributed by atoms with Gasteiger partial charge in [0.05, 0.1) is 12.8 Å². The maximum atomic E-state index is 5.31. The monoisotopic (exact) mass is 424 g/mol. The fraction of sp³-hybridized carbons (Fsp3) is 0.259. The predicted octanol–water partition coefficient (Wildman–Crippen LogP) is 5.98. The molecule has 0 atom stereocenters. The molecule has 0 aliphatic heterocycles. The summed E-state index contributed by atoms with van der Waals surface area (Å²) < 4.78 is 7.63. The van der Waals surface area contributed by atoms with Crippen molar-refractivity contribution in [3.63, 3.8) is 0 Å². The highest BCUT2D eigenvalue weighted by Gasteiger charge is 2.27. The second-order valence-electron chi connectivity index (χ2n) is 8.22. The predicted molar refractivity (Wildman–Crippen MR) is 129 cm³/mol. The molecule has 1 fully saturated rings. The first-order valence-corrected chi connectivity index (χ1v) is 11.2. The van der Waals surface area contributed by atoms with Crippen LogP contribution in [0.25, 0.3) is 22.6 Å². The van der Waals surface area contributed by atoms with Crippen molar-refractivity contribution in [2.75, 3.05) is 18.6 Å². The molecule has 2 aromatic heterocycles. The van der Waals surface area contributed by atoms with Gasteiger partial charge in [0, 0.05) is 42.7 Å². The van der Waals surface area contributed by atoms with Gasteiger partial charge >= 0.3 is 0 Å². The second-order valence-corrected chi connectivity index (χ2v) is 8.22. The Morgan fingerprint density at radius 2 is 1.72 bits per heavy atom. The van der Waals surface area contributed by atoms with E-state index in [1.54, 1.807) is 7.11 Å². The van der Waals surface area contributed by atoms with Crippen LogP contribution in [0.2, 0.25) is 0 Å². The van der Waals surface area contributed by atoms with Gasteiger partial charge in [0.1, 0.15) is 17.4 Å². The Kier molecular flexibility index (Phi) is 5.63. The summed E-state index contributed by atoms with van der Waals surface area (Å²) in [5.74, 6) is 2.85. The number of benzene rings is 2. The maximum Gasteiger partial charge on any atom is 0.140 e. The lowest BCUT2D eigenvalue weighted by molar-refractivity contribution is 0.415. The first kappa shape index (κ1) is 20.3. The molecule has 0 amide bonds. The van der Waals surface area contributed by atoms with Crippen molar-refractivity contribution in [2.24, 2.45) is 0 Å². The van der Waals surface area contributed by atoms with Crippen LogP contribution in [0.4, 0.5) is 5.82 Å². The van der Waals surface area contributed by atoms with Gasteiger partial charge in [0.15, 0.2) is 0 Å². The first-order valence-electron chi connectivity index (χ1n) is 11.2. The molecule has 32 heavy (non-hydrogen) atoms. The van der Waals surface area contributed by atoms with Gasteiger partial charge in [-0.1, -0.05) is 30.3 Å². The van der Waals surface area contributed by atoms with Crippen LogP contribution in [-0.4, -0.2) is 28.2 Å². The molecule has 0 unspecified atom stereocenters. The van der Waals surface area contributed by atoms with E-state index in [-0.39, 0.29) is 0 Å². The smallest absolute Gasteiger partial charge is 0.140 e. The molecular weight excluding hydrogens is 396 g/mol. The summed E-state index contributed by atoms with van der Waals surface area (Å²) in [5, 5.41) is 0. The SMILES string of the molecule is CCN(Cc1ccccc1)c1ccc(-c2cn(C3CC3)c(-c3ccc(OC)cc3)n2)cn1. The zero-order valence-corrected chi connectivity index (χ0v) is 18.6. The number of rotatable bonds is 8. The number of hydrogen-bond acceptors (Lipinski definition) is 4. The standard InChI is InChI=1S/C27H28N4O/c1-3-30(18-20-7-5-4-6-8-20)26-16-11-22(17-28-26)25-19-31(23-12-13-23)27(29-25)21-9-14-24(32-2)15-10-21/h4-11,14-17,19,23H,3,12-13,18H2,1-2H3. The van der Waals surface area contributed by atoms with Gasteiger partial charge in [-0.05, 0) is 61.7 Å². The zero-order valence-electron chi connectivity index (χ0n) is 18.6. The summed E-state index contributed by atoms with van der Waals surface area (Å²) in [6.07, 6.45) is 6.54. The summed E-state index contributed by atoms with van der Waals surface area (Å²) in [7, 11) is 1.69. The lowest BCUT2D eigenvalue weighted by atomic mass is 10.2. The first-order chi connectivity index (χ1) is 15.7. The van der Waals surface area contributed by atoms with Gasteiger partial charge in [0.2, 0.25) is 0 Å². The van der Waals surface area contributed by atoms with E-state index in [0.29, 0.717) is 6.04 Å². The molecule has 0 N–H and O–H groups in total. The molecule has 0 radical (unpaired) electrons. The molecule has 2 heterocycles. The number of imidazole rings is 1. The second kappa shape index (κ2) is 8.87. The van der Waals surface area contributed by atoms with Crippen molar-refractivity contribution in [3.8, 4) is 28.4 Å². The number of nitrogens with zero attached hydrogens (tertiary/aromatic N) is 4. The summed E-state index contributed by atoms with van der Waals surface area (Å²) in [6.45, 7) is 3.91. The fourth-order valence-corrected chi connectivity index (χ4v) is 4.00. The minimum atomic E-state index is 0.544. The number of hydrogen-bond donors (Lipinski definition) is 0. The third-order valence-corrected chi connectivity index (χ3v) is 5.99. The van der Waals surface area contributed by atoms with E-state index in [0.717, 1.165) is 47.3 Å². The number of anilines is 1. The minimum absolute atomic E-state index is 0.544. The highest BCUT2D eigenvalue weighted by molar-refractivity contribution is 5.66. The normalized spacial score (nSPS) is 13.2. The van der Waals surface area contributed by atoms with E-state index in [1.807, 2.05) is 24.4 Å². The van der Waals surface area contributed by atoms with Gasteiger partial charge in [-0.2, -0.15) is 0 Å². The van der Waals surface area contributed by atoms with E-state index in [1.165, 1.54) is 18.4 Å². The van der Waals surface area contributed by atoms with Crippen molar-refractivity contribution in [3.05, 3.63) is 84.7 Å². The summed E-state index contributed by atoms with van der Waals surface area (Å²) in [5.41, 5.74) is 4.40. The van der Waals surface area contributed by atoms with Crippen molar-refractivity contribution in [1.82, 2.24) is 14.5 Å². The molecule has 1 aliphatic rings. The quantitative estimate of drug-likeness (QED) is 0.349. The molecule has 2 aromatic carbocycles. The van der Waals surface area contributed by atoms with Crippen molar-refractivity contribution in [1.29, 1.82) is 0 Å². The van der Waals surface area contributed by atoms with Crippen LogP contribution in [0.3, 0.4) is 0 Å². The summed E-state index contributed by atoms with van der Waals surface area (Å²) >= 11 is 0. The van der Waals surface area contributed by atoms with Gasteiger partial charge in [-0.3, -0.25) is 0 Å². The number of pyridine rings is 1. The van der Waals surface area contributed by atoms with E-state index in [2.05, 4.69) is 71.1 Å². The molecule has 0 saturated heterocycles. The average molecular weight is 425 g/mol. The Morgan fingerprint density at radius 3 is 2.34 bits per heavy atom. The number of ether oxygens (including phenoxy) is 1.